The molecule has 0 atom stereocenters. The summed E-state index contributed by atoms with van der Waals surface area (Å²) in [4.78, 5) is 2.05. The normalized spacial score (nSPS) is 11.1. The average Bonchev–Trinajstić information content (AvgIpc) is 2.38. The highest BCUT2D eigenvalue weighted by atomic mass is 32.2. The molecule has 3 N–H and O–H groups in total. The number of nitrogens with two attached hydrogens (primary N) is 1. The summed E-state index contributed by atoms with van der Waals surface area (Å²) in [6.45, 7) is 0. The summed E-state index contributed by atoms with van der Waals surface area (Å²) in [7, 11) is 0.162. The van der Waals surface area contributed by atoms with Gasteiger partial charge in [-0.15, -0.1) is 0 Å². The minimum absolute atomic E-state index is 0.146. The molecule has 2 aromatic carbocycles. The van der Waals surface area contributed by atoms with Crippen LogP contribution >= 0.6 is 0 Å². The molecule has 0 aromatic heterocycles. The Balaban J connectivity index is 2.31. The second-order valence-electron chi connectivity index (χ2n) is 4.62. The Bertz CT molecular complexity index is 712. The number of nitrogens with zero attached hydrogens (tertiary/aromatic N) is 1. The number of hydrogen-bond acceptors (Lipinski definition) is 4. The summed E-state index contributed by atoms with van der Waals surface area (Å²) in [6, 6.07) is 13.4. The third-order valence-corrected chi connectivity index (χ3v) is 4.16. The van der Waals surface area contributed by atoms with E-state index in [4.69, 9.17) is 5.73 Å². The van der Waals surface area contributed by atoms with Crippen LogP contribution in [0.5, 0.6) is 0 Å². The zero-order valence-electron chi connectivity index (χ0n) is 11.4. The predicted octanol–water partition coefficient (Wildman–Crippen LogP) is 2.14. The molecule has 0 aliphatic carbocycles. The summed E-state index contributed by atoms with van der Waals surface area (Å²) >= 11 is 0. The summed E-state index contributed by atoms with van der Waals surface area (Å²) in [6.07, 6.45) is 0. The SMILES string of the molecule is CN(C)c1cccc(NS(=O)(=O)c2cccc(N)c2)c1. The molecule has 0 spiro atoms. The van der Waals surface area contributed by atoms with Crippen LogP contribution < -0.4 is 15.4 Å². The molecule has 0 amide bonds. The molecule has 0 saturated carbocycles. The number of anilines is 3. The van der Waals surface area contributed by atoms with Crippen molar-refractivity contribution >= 4 is 27.1 Å². The molecule has 5 nitrogen and oxygen atoms in total. The standard InChI is InChI=1S/C14H17N3O2S/c1-17(2)13-7-4-6-12(10-13)16-20(18,19)14-8-3-5-11(15)9-14/h3-10,16H,15H2,1-2H3. The first-order valence-corrected chi connectivity index (χ1v) is 7.52. The first-order chi connectivity index (χ1) is 9.38. The zero-order valence-corrected chi connectivity index (χ0v) is 12.2. The number of nitrogen functional groups attached to an aromatic ring is 1. The van der Waals surface area contributed by atoms with E-state index in [9.17, 15) is 8.42 Å². The van der Waals surface area contributed by atoms with E-state index >= 15 is 0 Å². The van der Waals surface area contributed by atoms with Gasteiger partial charge in [0.25, 0.3) is 10.0 Å². The lowest BCUT2D eigenvalue weighted by molar-refractivity contribution is 0.601. The van der Waals surface area contributed by atoms with E-state index in [0.29, 0.717) is 11.4 Å². The van der Waals surface area contributed by atoms with Crippen LogP contribution in [0.2, 0.25) is 0 Å². The molecule has 0 heterocycles. The first kappa shape index (κ1) is 14.2. The second kappa shape index (κ2) is 5.42. The third kappa shape index (κ3) is 3.21. The van der Waals surface area contributed by atoms with E-state index in [2.05, 4.69) is 4.72 Å². The lowest BCUT2D eigenvalue weighted by Crippen LogP contribution is -2.14. The topological polar surface area (TPSA) is 75.4 Å². The lowest BCUT2D eigenvalue weighted by Gasteiger charge is -2.14. The van der Waals surface area contributed by atoms with Crippen molar-refractivity contribution in [2.75, 3.05) is 29.5 Å². The van der Waals surface area contributed by atoms with Crippen LogP contribution in [0.4, 0.5) is 17.1 Å². The lowest BCUT2D eigenvalue weighted by atomic mass is 10.3. The third-order valence-electron chi connectivity index (χ3n) is 2.78. The van der Waals surface area contributed by atoms with Gasteiger partial charge in [0.15, 0.2) is 0 Å². The molecule has 0 aliphatic rings. The summed E-state index contributed by atoms with van der Waals surface area (Å²) in [5, 5.41) is 0. The second-order valence-corrected chi connectivity index (χ2v) is 6.31. The average molecular weight is 291 g/mol. The van der Waals surface area contributed by atoms with Crippen LogP contribution in [0.3, 0.4) is 0 Å². The van der Waals surface area contributed by atoms with Crippen molar-refractivity contribution in [1.29, 1.82) is 0 Å². The van der Waals surface area contributed by atoms with Crippen molar-refractivity contribution in [3.63, 3.8) is 0 Å². The number of hydrogen-bond donors (Lipinski definition) is 2. The number of rotatable bonds is 4. The molecule has 0 radical (unpaired) electrons. The number of benzene rings is 2. The molecule has 0 saturated heterocycles. The van der Waals surface area contributed by atoms with Gasteiger partial charge in [-0.25, -0.2) is 8.42 Å². The van der Waals surface area contributed by atoms with E-state index in [1.54, 1.807) is 30.3 Å². The Labute approximate surface area is 119 Å². The molecule has 106 valence electrons. The molecular weight excluding hydrogens is 274 g/mol. The molecule has 2 rings (SSSR count). The van der Waals surface area contributed by atoms with Gasteiger partial charge in [-0.3, -0.25) is 4.72 Å². The monoisotopic (exact) mass is 291 g/mol. The van der Waals surface area contributed by atoms with Gasteiger partial charge in [0.2, 0.25) is 0 Å². The van der Waals surface area contributed by atoms with Crippen LogP contribution in [-0.4, -0.2) is 22.5 Å². The fourth-order valence-electron chi connectivity index (χ4n) is 1.74. The Hall–Kier alpha value is -2.21. The minimum atomic E-state index is -3.63. The van der Waals surface area contributed by atoms with Gasteiger partial charge in [0, 0.05) is 25.5 Å². The van der Waals surface area contributed by atoms with Crippen molar-refractivity contribution in [2.24, 2.45) is 0 Å². The van der Waals surface area contributed by atoms with Gasteiger partial charge in [-0.05, 0) is 36.4 Å². The van der Waals surface area contributed by atoms with Gasteiger partial charge in [-0.2, -0.15) is 0 Å². The Kier molecular flexibility index (Phi) is 3.85. The highest BCUT2D eigenvalue weighted by Gasteiger charge is 2.14. The van der Waals surface area contributed by atoms with Crippen LogP contribution in [0.25, 0.3) is 0 Å². The Morgan fingerprint density at radius 2 is 1.75 bits per heavy atom. The highest BCUT2D eigenvalue weighted by molar-refractivity contribution is 7.92. The molecule has 6 heteroatoms. The number of nitrogens with one attached hydrogen (secondary N) is 1. The molecule has 0 bridgehead atoms. The quantitative estimate of drug-likeness (QED) is 0.846. The van der Waals surface area contributed by atoms with Crippen molar-refractivity contribution < 1.29 is 8.42 Å². The molecule has 0 aliphatic heterocycles. The van der Waals surface area contributed by atoms with E-state index in [1.807, 2.05) is 25.1 Å². The van der Waals surface area contributed by atoms with E-state index < -0.39 is 10.0 Å². The first-order valence-electron chi connectivity index (χ1n) is 6.04. The molecule has 2 aromatic rings. The summed E-state index contributed by atoms with van der Waals surface area (Å²) in [5.41, 5.74) is 7.45. The van der Waals surface area contributed by atoms with E-state index in [1.165, 1.54) is 12.1 Å². The van der Waals surface area contributed by atoms with Crippen molar-refractivity contribution in [2.45, 2.75) is 4.90 Å². The molecule has 0 unspecified atom stereocenters. The van der Waals surface area contributed by atoms with Crippen LogP contribution in [-0.2, 0) is 10.0 Å². The van der Waals surface area contributed by atoms with E-state index in [-0.39, 0.29) is 4.90 Å². The predicted molar refractivity (Wildman–Crippen MR) is 82.4 cm³/mol. The summed E-state index contributed by atoms with van der Waals surface area (Å²) < 4.78 is 27.1. The van der Waals surface area contributed by atoms with Gasteiger partial charge in [0.05, 0.1) is 10.6 Å². The smallest absolute Gasteiger partial charge is 0.261 e. The van der Waals surface area contributed by atoms with Crippen LogP contribution in [0.1, 0.15) is 0 Å². The Morgan fingerprint density at radius 1 is 1.05 bits per heavy atom. The maximum absolute atomic E-state index is 12.3. The fourth-order valence-corrected chi connectivity index (χ4v) is 2.85. The van der Waals surface area contributed by atoms with E-state index in [0.717, 1.165) is 5.69 Å². The molecule has 20 heavy (non-hydrogen) atoms. The largest absolute Gasteiger partial charge is 0.399 e. The van der Waals surface area contributed by atoms with Crippen LogP contribution in [0, 0.1) is 0 Å². The maximum atomic E-state index is 12.3. The van der Waals surface area contributed by atoms with Gasteiger partial charge in [0.1, 0.15) is 0 Å². The van der Waals surface area contributed by atoms with Gasteiger partial charge < -0.3 is 10.6 Å². The molecular formula is C14H17N3O2S. The van der Waals surface area contributed by atoms with Gasteiger partial charge >= 0.3 is 0 Å². The minimum Gasteiger partial charge on any atom is -0.399 e. The fraction of sp³-hybridized carbons (Fsp3) is 0.143. The van der Waals surface area contributed by atoms with Crippen LogP contribution in [0.15, 0.2) is 53.4 Å². The molecule has 0 fully saturated rings. The summed E-state index contributed by atoms with van der Waals surface area (Å²) in [5.74, 6) is 0. The van der Waals surface area contributed by atoms with Crippen molar-refractivity contribution in [3.05, 3.63) is 48.5 Å². The number of sulfonamides is 1. The zero-order chi connectivity index (χ0) is 14.8. The Morgan fingerprint density at radius 3 is 2.40 bits per heavy atom. The van der Waals surface area contributed by atoms with Crippen molar-refractivity contribution in [1.82, 2.24) is 0 Å². The van der Waals surface area contributed by atoms with Crippen molar-refractivity contribution in [3.8, 4) is 0 Å². The highest BCUT2D eigenvalue weighted by Crippen LogP contribution is 2.21. The van der Waals surface area contributed by atoms with Gasteiger partial charge in [-0.1, -0.05) is 12.1 Å². The maximum Gasteiger partial charge on any atom is 0.261 e.